The highest BCUT2D eigenvalue weighted by molar-refractivity contribution is 7.80. The van der Waals surface area contributed by atoms with Gasteiger partial charge >= 0.3 is 0 Å². The van der Waals surface area contributed by atoms with Gasteiger partial charge < -0.3 is 0 Å². The van der Waals surface area contributed by atoms with Crippen molar-refractivity contribution in [1.29, 1.82) is 0 Å². The number of thiol groups is 1. The molecular weight excluding hydrogens is 320 g/mol. The molecule has 3 rings (SSSR count). The van der Waals surface area contributed by atoms with Crippen molar-refractivity contribution in [3.63, 3.8) is 0 Å². The van der Waals surface area contributed by atoms with E-state index in [1.807, 2.05) is 0 Å². The first-order valence-corrected chi connectivity index (χ1v) is 12.4. The molecule has 0 radical (unpaired) electrons. The lowest BCUT2D eigenvalue weighted by molar-refractivity contribution is 0.0868. The summed E-state index contributed by atoms with van der Waals surface area (Å²) in [6, 6.07) is 0. The van der Waals surface area contributed by atoms with E-state index in [0.29, 0.717) is 5.25 Å². The van der Waals surface area contributed by atoms with Crippen LogP contribution in [0.3, 0.4) is 0 Å². The monoisotopic (exact) mass is 364 g/mol. The van der Waals surface area contributed by atoms with Crippen LogP contribution in [0.4, 0.5) is 0 Å². The fourth-order valence-electron chi connectivity index (χ4n) is 7.02. The predicted molar refractivity (Wildman–Crippen MR) is 114 cm³/mol. The van der Waals surface area contributed by atoms with E-state index in [0.717, 1.165) is 35.5 Å². The van der Waals surface area contributed by atoms with Gasteiger partial charge in [-0.2, -0.15) is 12.6 Å². The van der Waals surface area contributed by atoms with E-state index in [1.165, 1.54) is 64.2 Å². The van der Waals surface area contributed by atoms with Crippen LogP contribution in [-0.4, -0.2) is 5.25 Å². The molecule has 1 heteroatoms. The molecule has 0 aromatic rings. The lowest BCUT2D eigenvalue weighted by Crippen LogP contribution is -2.35. The first-order chi connectivity index (χ1) is 12.2. The molecule has 146 valence electrons. The van der Waals surface area contributed by atoms with Crippen LogP contribution in [0.15, 0.2) is 0 Å². The summed E-state index contributed by atoms with van der Waals surface area (Å²) in [5.41, 5.74) is 0. The molecule has 3 aliphatic rings. The first kappa shape index (κ1) is 20.1. The number of hydrogen-bond donors (Lipinski definition) is 1. The Morgan fingerprint density at radius 2 is 1.44 bits per heavy atom. The summed E-state index contributed by atoms with van der Waals surface area (Å²) in [4.78, 5) is 0. The van der Waals surface area contributed by atoms with Crippen LogP contribution in [-0.2, 0) is 0 Å². The Bertz CT molecular complexity index is 366. The summed E-state index contributed by atoms with van der Waals surface area (Å²) in [6.07, 6.45) is 22.4. The van der Waals surface area contributed by atoms with Gasteiger partial charge in [-0.15, -0.1) is 0 Å². The van der Waals surface area contributed by atoms with E-state index >= 15 is 0 Å². The second kappa shape index (κ2) is 10.0. The summed E-state index contributed by atoms with van der Waals surface area (Å²) in [5.74, 6) is 6.11. The van der Waals surface area contributed by atoms with E-state index in [1.54, 1.807) is 32.1 Å². The van der Waals surface area contributed by atoms with Gasteiger partial charge in [-0.05, 0) is 61.2 Å². The normalized spacial score (nSPS) is 34.9. The molecule has 0 saturated heterocycles. The maximum Gasteiger partial charge on any atom is 0.00196 e. The molecule has 0 heterocycles. The van der Waals surface area contributed by atoms with Crippen molar-refractivity contribution >= 4 is 12.6 Å². The SMILES string of the molecule is CCC[C@@H](C)C1CCC(S)C[C@H]1CC(C1CCCCC1)C1CCCC1. The van der Waals surface area contributed by atoms with Crippen LogP contribution in [0.25, 0.3) is 0 Å². The van der Waals surface area contributed by atoms with Gasteiger partial charge in [-0.25, -0.2) is 0 Å². The highest BCUT2D eigenvalue weighted by Crippen LogP contribution is 2.48. The van der Waals surface area contributed by atoms with Gasteiger partial charge in [-0.3, -0.25) is 0 Å². The molecule has 0 spiro atoms. The highest BCUT2D eigenvalue weighted by atomic mass is 32.1. The zero-order chi connectivity index (χ0) is 17.6. The first-order valence-electron chi connectivity index (χ1n) is 11.9. The summed E-state index contributed by atoms with van der Waals surface area (Å²) >= 11 is 4.94. The average molecular weight is 365 g/mol. The molecule has 0 bridgehead atoms. The molecule has 0 amide bonds. The third-order valence-corrected chi connectivity index (χ3v) is 8.79. The van der Waals surface area contributed by atoms with Crippen LogP contribution in [0, 0.1) is 35.5 Å². The lowest BCUT2D eigenvalue weighted by atomic mass is 9.63. The van der Waals surface area contributed by atoms with Crippen LogP contribution >= 0.6 is 12.6 Å². The molecule has 25 heavy (non-hydrogen) atoms. The van der Waals surface area contributed by atoms with E-state index < -0.39 is 0 Å². The van der Waals surface area contributed by atoms with Gasteiger partial charge in [0.15, 0.2) is 0 Å². The molecule has 3 aliphatic carbocycles. The van der Waals surface area contributed by atoms with Gasteiger partial charge in [-0.1, -0.05) is 84.5 Å². The van der Waals surface area contributed by atoms with Crippen molar-refractivity contribution in [1.82, 2.24) is 0 Å². The molecule has 0 aromatic heterocycles. The third-order valence-electron chi connectivity index (χ3n) is 8.32. The quantitative estimate of drug-likeness (QED) is 0.436. The highest BCUT2D eigenvalue weighted by Gasteiger charge is 2.38. The maximum absolute atomic E-state index is 4.94. The molecule has 5 atom stereocenters. The van der Waals surface area contributed by atoms with E-state index in [2.05, 4.69) is 13.8 Å². The smallest absolute Gasteiger partial charge is 0.00196 e. The van der Waals surface area contributed by atoms with Crippen LogP contribution in [0.2, 0.25) is 0 Å². The Morgan fingerprint density at radius 3 is 2.04 bits per heavy atom. The Kier molecular flexibility index (Phi) is 8.08. The molecule has 3 fully saturated rings. The number of rotatable bonds is 7. The van der Waals surface area contributed by atoms with Gasteiger partial charge in [0.05, 0.1) is 0 Å². The molecule has 0 aromatic carbocycles. The van der Waals surface area contributed by atoms with Gasteiger partial charge in [0, 0.05) is 5.25 Å². The molecule has 0 nitrogen and oxygen atoms in total. The minimum absolute atomic E-state index is 0.686. The second-order valence-corrected chi connectivity index (χ2v) is 10.7. The van der Waals surface area contributed by atoms with Crippen molar-refractivity contribution in [2.75, 3.05) is 0 Å². The van der Waals surface area contributed by atoms with Crippen molar-refractivity contribution in [2.45, 2.75) is 115 Å². The van der Waals surface area contributed by atoms with Crippen LogP contribution in [0.1, 0.15) is 110 Å². The van der Waals surface area contributed by atoms with Crippen molar-refractivity contribution < 1.29 is 0 Å². The lowest BCUT2D eigenvalue weighted by Gasteiger charge is -2.43. The Hall–Kier alpha value is 0.350. The fourth-order valence-corrected chi connectivity index (χ4v) is 7.44. The third kappa shape index (κ3) is 5.43. The maximum atomic E-state index is 4.94. The van der Waals surface area contributed by atoms with Gasteiger partial charge in [0.25, 0.3) is 0 Å². The standard InChI is InChI=1S/C24H44S/c1-3-9-18(2)23-15-14-22(25)16-21(23)17-24(20-12-7-8-13-20)19-10-5-4-6-11-19/h18-25H,3-17H2,1-2H3/t18-,21+,22?,23?,24?/m1/s1. The minimum atomic E-state index is 0.686. The largest absolute Gasteiger partial charge is 0.176 e. The zero-order valence-corrected chi connectivity index (χ0v) is 18.0. The van der Waals surface area contributed by atoms with E-state index in [4.69, 9.17) is 12.6 Å². The average Bonchev–Trinajstić information content (AvgIpc) is 3.15. The molecular formula is C24H44S. The van der Waals surface area contributed by atoms with Crippen molar-refractivity contribution in [3.05, 3.63) is 0 Å². The summed E-state index contributed by atoms with van der Waals surface area (Å²) in [7, 11) is 0. The van der Waals surface area contributed by atoms with Gasteiger partial charge in [0.2, 0.25) is 0 Å². The summed E-state index contributed by atoms with van der Waals surface area (Å²) in [5, 5.41) is 0.686. The summed E-state index contributed by atoms with van der Waals surface area (Å²) in [6.45, 7) is 4.93. The van der Waals surface area contributed by atoms with Gasteiger partial charge in [0.1, 0.15) is 0 Å². The number of hydrogen-bond acceptors (Lipinski definition) is 1. The van der Waals surface area contributed by atoms with Crippen molar-refractivity contribution in [2.24, 2.45) is 35.5 Å². The van der Waals surface area contributed by atoms with Crippen LogP contribution < -0.4 is 0 Å². The Morgan fingerprint density at radius 1 is 0.840 bits per heavy atom. The predicted octanol–water partition coefficient (Wildman–Crippen LogP) is 7.91. The van der Waals surface area contributed by atoms with E-state index in [-0.39, 0.29) is 0 Å². The Balaban J connectivity index is 1.70. The van der Waals surface area contributed by atoms with Crippen LogP contribution in [0.5, 0.6) is 0 Å². The molecule has 0 N–H and O–H groups in total. The Labute approximate surface area is 163 Å². The topological polar surface area (TPSA) is 0 Å². The van der Waals surface area contributed by atoms with Crippen molar-refractivity contribution in [3.8, 4) is 0 Å². The minimum Gasteiger partial charge on any atom is -0.176 e. The molecule has 3 unspecified atom stereocenters. The zero-order valence-electron chi connectivity index (χ0n) is 17.1. The fraction of sp³-hybridized carbons (Fsp3) is 1.00. The molecule has 3 saturated carbocycles. The van der Waals surface area contributed by atoms with E-state index in [9.17, 15) is 0 Å². The molecule has 0 aliphatic heterocycles. The summed E-state index contributed by atoms with van der Waals surface area (Å²) < 4.78 is 0. The second-order valence-electron chi connectivity index (χ2n) is 10.00.